The molecule has 4 aromatic rings. The Morgan fingerprint density at radius 1 is 1.09 bits per heavy atom. The second-order valence-electron chi connectivity index (χ2n) is 8.50. The van der Waals surface area contributed by atoms with E-state index in [0.717, 1.165) is 33.5 Å². The molecular formula is C26H27FN4O. The largest absolute Gasteiger partial charge is 0.303 e. The molecule has 2 heterocycles. The number of carbonyl (C=O) groups excluding carboxylic acids is 1. The van der Waals surface area contributed by atoms with Crippen LogP contribution in [-0.2, 0) is 17.8 Å². The highest BCUT2D eigenvalue weighted by Crippen LogP contribution is 2.25. The number of Topliss-reactive ketones (excluding diaryl/α,β-unsaturated/α-hetero) is 1. The van der Waals surface area contributed by atoms with Crippen LogP contribution >= 0.6 is 0 Å². The SMILES string of the molecule is C[C@@H](CC(=O)Cc1cc2cnn(-c3ccc(F)cc3)c2c(CN(C)C)n1)c1ccccc1. The minimum absolute atomic E-state index is 0.162. The Hall–Kier alpha value is -3.38. The van der Waals surface area contributed by atoms with Crippen molar-refractivity contribution in [1.29, 1.82) is 0 Å². The summed E-state index contributed by atoms with van der Waals surface area (Å²) in [6.45, 7) is 2.68. The van der Waals surface area contributed by atoms with Crippen LogP contribution in [0.4, 0.5) is 4.39 Å². The zero-order valence-electron chi connectivity index (χ0n) is 18.6. The normalized spacial score (nSPS) is 12.4. The molecule has 0 radical (unpaired) electrons. The van der Waals surface area contributed by atoms with Gasteiger partial charge in [-0.3, -0.25) is 9.78 Å². The number of carbonyl (C=O) groups is 1. The standard InChI is InChI=1S/C26H27FN4O/c1-18(19-7-5-4-6-8-19)13-24(32)15-22-14-20-16-28-31(23-11-9-21(27)10-12-23)26(20)25(29-22)17-30(2)3/h4-12,14,16,18H,13,15,17H2,1-3H3/t18-/m0/s1. The molecule has 0 aliphatic rings. The number of ketones is 1. The van der Waals surface area contributed by atoms with Gasteiger partial charge in [0, 0.05) is 30.5 Å². The van der Waals surface area contributed by atoms with Gasteiger partial charge in [-0.25, -0.2) is 9.07 Å². The van der Waals surface area contributed by atoms with Gasteiger partial charge in [-0.1, -0.05) is 37.3 Å². The highest BCUT2D eigenvalue weighted by atomic mass is 19.1. The van der Waals surface area contributed by atoms with Crippen molar-refractivity contribution in [2.24, 2.45) is 0 Å². The summed E-state index contributed by atoms with van der Waals surface area (Å²) in [6.07, 6.45) is 2.54. The zero-order valence-corrected chi connectivity index (χ0v) is 18.6. The molecule has 4 rings (SSSR count). The molecule has 2 aromatic heterocycles. The first-order valence-corrected chi connectivity index (χ1v) is 10.7. The van der Waals surface area contributed by atoms with E-state index in [2.05, 4.69) is 24.2 Å². The van der Waals surface area contributed by atoms with Crippen LogP contribution in [0.15, 0.2) is 66.9 Å². The molecule has 0 N–H and O–H groups in total. The fourth-order valence-electron chi connectivity index (χ4n) is 3.99. The second-order valence-corrected chi connectivity index (χ2v) is 8.50. The van der Waals surface area contributed by atoms with E-state index in [1.807, 2.05) is 43.3 Å². The van der Waals surface area contributed by atoms with Crippen LogP contribution in [0.2, 0.25) is 0 Å². The first kappa shape index (κ1) is 21.8. The number of benzene rings is 2. The van der Waals surface area contributed by atoms with E-state index in [0.29, 0.717) is 13.0 Å². The number of pyridine rings is 1. The van der Waals surface area contributed by atoms with Crippen LogP contribution < -0.4 is 0 Å². The van der Waals surface area contributed by atoms with Gasteiger partial charge in [-0.05, 0) is 55.9 Å². The first-order valence-electron chi connectivity index (χ1n) is 10.7. The number of aromatic nitrogens is 3. The maximum Gasteiger partial charge on any atom is 0.139 e. The van der Waals surface area contributed by atoms with Crippen molar-refractivity contribution in [3.8, 4) is 5.69 Å². The Bertz CT molecular complexity index is 1220. The van der Waals surface area contributed by atoms with Crippen molar-refractivity contribution in [3.05, 3.63) is 89.6 Å². The summed E-state index contributed by atoms with van der Waals surface area (Å²) in [6, 6.07) is 18.3. The van der Waals surface area contributed by atoms with Crippen LogP contribution in [0.1, 0.15) is 36.2 Å². The fraction of sp³-hybridized carbons (Fsp3) is 0.269. The van der Waals surface area contributed by atoms with Crippen molar-refractivity contribution in [2.45, 2.75) is 32.2 Å². The summed E-state index contributed by atoms with van der Waals surface area (Å²) >= 11 is 0. The lowest BCUT2D eigenvalue weighted by Gasteiger charge is -2.14. The van der Waals surface area contributed by atoms with E-state index in [9.17, 15) is 9.18 Å². The number of rotatable bonds is 8. The third-order valence-electron chi connectivity index (χ3n) is 5.49. The maximum absolute atomic E-state index is 13.4. The Morgan fingerprint density at radius 3 is 2.50 bits per heavy atom. The monoisotopic (exact) mass is 430 g/mol. The molecule has 0 amide bonds. The van der Waals surface area contributed by atoms with Crippen LogP contribution in [-0.4, -0.2) is 39.5 Å². The number of hydrogen-bond donors (Lipinski definition) is 0. The molecule has 0 aliphatic heterocycles. The van der Waals surface area contributed by atoms with Crippen molar-refractivity contribution in [2.75, 3.05) is 14.1 Å². The Labute approximate surface area is 187 Å². The van der Waals surface area contributed by atoms with Crippen LogP contribution in [0.3, 0.4) is 0 Å². The van der Waals surface area contributed by atoms with E-state index in [1.54, 1.807) is 23.0 Å². The predicted molar refractivity (Wildman–Crippen MR) is 124 cm³/mol. The molecule has 0 fully saturated rings. The van der Waals surface area contributed by atoms with Crippen molar-refractivity contribution in [1.82, 2.24) is 19.7 Å². The predicted octanol–water partition coefficient (Wildman–Crippen LogP) is 4.93. The highest BCUT2D eigenvalue weighted by molar-refractivity contribution is 5.86. The van der Waals surface area contributed by atoms with Crippen molar-refractivity contribution in [3.63, 3.8) is 0 Å². The van der Waals surface area contributed by atoms with Crippen LogP contribution in [0.5, 0.6) is 0 Å². The zero-order chi connectivity index (χ0) is 22.7. The molecule has 164 valence electrons. The topological polar surface area (TPSA) is 51.0 Å². The van der Waals surface area contributed by atoms with Gasteiger partial charge in [0.25, 0.3) is 0 Å². The Balaban J connectivity index is 1.63. The Morgan fingerprint density at radius 2 is 1.81 bits per heavy atom. The molecule has 5 nitrogen and oxygen atoms in total. The minimum atomic E-state index is -0.289. The first-order chi connectivity index (χ1) is 15.4. The van der Waals surface area contributed by atoms with E-state index in [4.69, 9.17) is 4.98 Å². The van der Waals surface area contributed by atoms with E-state index in [1.165, 1.54) is 12.1 Å². The van der Waals surface area contributed by atoms with Crippen LogP contribution in [0, 0.1) is 5.82 Å². The molecule has 0 spiro atoms. The maximum atomic E-state index is 13.4. The average Bonchev–Trinajstić information content (AvgIpc) is 3.18. The minimum Gasteiger partial charge on any atom is -0.303 e. The molecule has 0 saturated carbocycles. The lowest BCUT2D eigenvalue weighted by Crippen LogP contribution is -2.15. The van der Waals surface area contributed by atoms with E-state index in [-0.39, 0.29) is 23.9 Å². The summed E-state index contributed by atoms with van der Waals surface area (Å²) < 4.78 is 15.2. The molecule has 0 saturated heterocycles. The van der Waals surface area contributed by atoms with Gasteiger partial charge in [-0.15, -0.1) is 0 Å². The molecule has 0 bridgehead atoms. The third kappa shape index (κ3) is 4.92. The summed E-state index contributed by atoms with van der Waals surface area (Å²) in [5, 5.41) is 5.44. The van der Waals surface area contributed by atoms with Gasteiger partial charge in [-0.2, -0.15) is 5.10 Å². The lowest BCUT2D eigenvalue weighted by molar-refractivity contribution is -0.118. The van der Waals surface area contributed by atoms with Gasteiger partial charge < -0.3 is 4.90 Å². The summed E-state index contributed by atoms with van der Waals surface area (Å²) in [4.78, 5) is 19.7. The van der Waals surface area contributed by atoms with Gasteiger partial charge in [0.15, 0.2) is 0 Å². The van der Waals surface area contributed by atoms with Crippen molar-refractivity contribution < 1.29 is 9.18 Å². The summed E-state index contributed by atoms with van der Waals surface area (Å²) in [7, 11) is 3.96. The van der Waals surface area contributed by atoms with Crippen molar-refractivity contribution >= 4 is 16.7 Å². The molecule has 6 heteroatoms. The molecule has 32 heavy (non-hydrogen) atoms. The average molecular weight is 431 g/mol. The smallest absolute Gasteiger partial charge is 0.139 e. The fourth-order valence-corrected chi connectivity index (χ4v) is 3.99. The number of nitrogens with zero attached hydrogens (tertiary/aromatic N) is 4. The van der Waals surface area contributed by atoms with Gasteiger partial charge in [0.05, 0.1) is 23.1 Å². The van der Waals surface area contributed by atoms with Crippen LogP contribution in [0.25, 0.3) is 16.6 Å². The lowest BCUT2D eigenvalue weighted by atomic mass is 9.94. The third-order valence-corrected chi connectivity index (χ3v) is 5.49. The van der Waals surface area contributed by atoms with Gasteiger partial charge in [0.1, 0.15) is 11.6 Å². The molecule has 2 aromatic carbocycles. The summed E-state index contributed by atoms with van der Waals surface area (Å²) in [5.74, 6) is 0.0345. The molecule has 0 aliphatic carbocycles. The Kier molecular flexibility index (Phi) is 6.42. The molecule has 0 unspecified atom stereocenters. The number of halogens is 1. The number of fused-ring (bicyclic) bond motifs is 1. The summed E-state index contributed by atoms with van der Waals surface area (Å²) in [5.41, 5.74) is 4.40. The molecular weight excluding hydrogens is 403 g/mol. The highest BCUT2D eigenvalue weighted by Gasteiger charge is 2.17. The van der Waals surface area contributed by atoms with Gasteiger partial charge >= 0.3 is 0 Å². The molecule has 1 atom stereocenters. The van der Waals surface area contributed by atoms with E-state index >= 15 is 0 Å². The second kappa shape index (κ2) is 9.40. The quantitative estimate of drug-likeness (QED) is 0.398. The van der Waals surface area contributed by atoms with Gasteiger partial charge in [0.2, 0.25) is 0 Å². The van der Waals surface area contributed by atoms with E-state index < -0.39 is 0 Å². The number of hydrogen-bond acceptors (Lipinski definition) is 4.